The van der Waals surface area contributed by atoms with Gasteiger partial charge in [0.2, 0.25) is 5.91 Å². The zero-order valence-corrected chi connectivity index (χ0v) is 12.3. The van der Waals surface area contributed by atoms with Crippen LogP contribution in [0.3, 0.4) is 0 Å². The van der Waals surface area contributed by atoms with Crippen LogP contribution in [0.25, 0.3) is 0 Å². The summed E-state index contributed by atoms with van der Waals surface area (Å²) in [5.41, 5.74) is 6.95. The normalized spacial score (nSPS) is 21.0. The van der Waals surface area contributed by atoms with Crippen LogP contribution in [-0.2, 0) is 6.54 Å². The zero-order chi connectivity index (χ0) is 14.5. The number of amides is 1. The number of nitrogens with two attached hydrogens (primary N) is 1. The van der Waals surface area contributed by atoms with Crippen molar-refractivity contribution < 1.29 is 4.79 Å². The summed E-state index contributed by atoms with van der Waals surface area (Å²) in [7, 11) is 4.35. The Bertz CT molecular complexity index is 446. The molecule has 1 atom stereocenters. The van der Waals surface area contributed by atoms with E-state index in [1.165, 1.54) is 5.56 Å². The molecular weight excluding hydrogens is 252 g/mol. The number of rotatable bonds is 5. The quantitative estimate of drug-likeness (QED) is 0.802. The lowest BCUT2D eigenvalue weighted by Gasteiger charge is -2.37. The molecule has 0 bridgehead atoms. The largest absolute Gasteiger partial charge is 0.366 e. The smallest absolute Gasteiger partial charge is 0.248 e. The molecule has 1 saturated heterocycles. The van der Waals surface area contributed by atoms with Crippen LogP contribution in [0, 0.1) is 0 Å². The number of piperazine rings is 1. The molecule has 2 rings (SSSR count). The highest BCUT2D eigenvalue weighted by Gasteiger charge is 2.21. The van der Waals surface area contributed by atoms with Crippen molar-refractivity contribution in [2.24, 2.45) is 5.73 Å². The molecule has 20 heavy (non-hydrogen) atoms. The van der Waals surface area contributed by atoms with E-state index in [9.17, 15) is 4.79 Å². The van der Waals surface area contributed by atoms with Gasteiger partial charge in [-0.2, -0.15) is 0 Å². The molecule has 1 heterocycles. The maximum Gasteiger partial charge on any atom is 0.248 e. The number of hydrogen-bond acceptors (Lipinski definition) is 4. The molecule has 1 unspecified atom stereocenters. The molecule has 0 aliphatic carbocycles. The van der Waals surface area contributed by atoms with Crippen molar-refractivity contribution in [3.8, 4) is 0 Å². The topological polar surface area (TPSA) is 61.6 Å². The van der Waals surface area contributed by atoms with Gasteiger partial charge in [-0.15, -0.1) is 0 Å². The molecule has 1 aromatic rings. The monoisotopic (exact) mass is 276 g/mol. The maximum absolute atomic E-state index is 11.0. The third-order valence-corrected chi connectivity index (χ3v) is 3.93. The minimum Gasteiger partial charge on any atom is -0.366 e. The summed E-state index contributed by atoms with van der Waals surface area (Å²) < 4.78 is 0. The Morgan fingerprint density at radius 3 is 2.65 bits per heavy atom. The first kappa shape index (κ1) is 15.0. The van der Waals surface area contributed by atoms with Gasteiger partial charge in [-0.3, -0.25) is 9.69 Å². The van der Waals surface area contributed by atoms with Gasteiger partial charge in [0.25, 0.3) is 0 Å². The highest BCUT2D eigenvalue weighted by atomic mass is 16.1. The van der Waals surface area contributed by atoms with Crippen LogP contribution in [0.5, 0.6) is 0 Å². The second kappa shape index (κ2) is 6.83. The van der Waals surface area contributed by atoms with E-state index in [-0.39, 0.29) is 5.91 Å². The van der Waals surface area contributed by atoms with Crippen LogP contribution in [-0.4, -0.2) is 62.0 Å². The molecule has 0 aromatic heterocycles. The third-order valence-electron chi connectivity index (χ3n) is 3.93. The van der Waals surface area contributed by atoms with Crippen molar-refractivity contribution in [1.82, 2.24) is 15.1 Å². The van der Waals surface area contributed by atoms with Crippen LogP contribution >= 0.6 is 0 Å². The molecule has 1 aliphatic heterocycles. The average Bonchev–Trinajstić information content (AvgIpc) is 2.43. The van der Waals surface area contributed by atoms with E-state index in [1.54, 1.807) is 12.1 Å². The second-order valence-corrected chi connectivity index (χ2v) is 5.59. The fourth-order valence-electron chi connectivity index (χ4n) is 2.49. The molecule has 5 heteroatoms. The third kappa shape index (κ3) is 4.03. The maximum atomic E-state index is 11.0. The molecule has 1 aromatic carbocycles. The fourth-order valence-corrected chi connectivity index (χ4v) is 2.49. The Morgan fingerprint density at radius 1 is 1.30 bits per heavy atom. The standard InChI is InChI=1S/C15H24N4O/c1-18-7-8-19(2)14(11-18)10-17-9-12-3-5-13(6-4-12)15(16)20/h3-6,14,17H,7-11H2,1-2H3,(H2,16,20). The van der Waals surface area contributed by atoms with Crippen molar-refractivity contribution in [2.75, 3.05) is 40.3 Å². The number of carbonyl (C=O) groups excluding carboxylic acids is 1. The van der Waals surface area contributed by atoms with Crippen molar-refractivity contribution >= 4 is 5.91 Å². The number of primary amides is 1. The van der Waals surface area contributed by atoms with E-state index in [4.69, 9.17) is 5.73 Å². The lowest BCUT2D eigenvalue weighted by atomic mass is 10.1. The first-order valence-corrected chi connectivity index (χ1v) is 7.04. The van der Waals surface area contributed by atoms with E-state index in [1.807, 2.05) is 12.1 Å². The summed E-state index contributed by atoms with van der Waals surface area (Å²) in [5, 5.41) is 3.49. The van der Waals surface area contributed by atoms with Crippen LogP contribution in [0.1, 0.15) is 15.9 Å². The number of hydrogen-bond donors (Lipinski definition) is 2. The minimum atomic E-state index is -0.378. The summed E-state index contributed by atoms with van der Waals surface area (Å²) in [5.74, 6) is -0.378. The Morgan fingerprint density at radius 2 is 2.00 bits per heavy atom. The number of nitrogens with one attached hydrogen (secondary N) is 1. The van der Waals surface area contributed by atoms with E-state index in [2.05, 4.69) is 29.2 Å². The van der Waals surface area contributed by atoms with E-state index in [0.29, 0.717) is 11.6 Å². The van der Waals surface area contributed by atoms with Crippen molar-refractivity contribution in [1.29, 1.82) is 0 Å². The SMILES string of the molecule is CN1CCN(C)C(CNCc2ccc(C(N)=O)cc2)C1. The average molecular weight is 276 g/mol. The lowest BCUT2D eigenvalue weighted by molar-refractivity contribution is 0.100. The molecular formula is C15H24N4O. The first-order chi connectivity index (χ1) is 9.56. The van der Waals surface area contributed by atoms with Gasteiger partial charge in [0.05, 0.1) is 0 Å². The van der Waals surface area contributed by atoms with Gasteiger partial charge in [-0.25, -0.2) is 0 Å². The number of benzene rings is 1. The van der Waals surface area contributed by atoms with Crippen LogP contribution in [0.15, 0.2) is 24.3 Å². The van der Waals surface area contributed by atoms with Gasteiger partial charge in [0, 0.05) is 44.3 Å². The van der Waals surface area contributed by atoms with Gasteiger partial charge in [-0.1, -0.05) is 12.1 Å². The number of carbonyl (C=O) groups is 1. The fraction of sp³-hybridized carbons (Fsp3) is 0.533. The van der Waals surface area contributed by atoms with Crippen molar-refractivity contribution in [2.45, 2.75) is 12.6 Å². The number of nitrogens with zero attached hydrogens (tertiary/aromatic N) is 2. The molecule has 3 N–H and O–H groups in total. The van der Waals surface area contributed by atoms with Crippen LogP contribution in [0.4, 0.5) is 0 Å². The summed E-state index contributed by atoms with van der Waals surface area (Å²) in [6, 6.07) is 8.01. The van der Waals surface area contributed by atoms with Gasteiger partial charge in [0.15, 0.2) is 0 Å². The Kier molecular flexibility index (Phi) is 5.11. The lowest BCUT2D eigenvalue weighted by Crippen LogP contribution is -2.53. The summed E-state index contributed by atoms with van der Waals surface area (Å²) >= 11 is 0. The first-order valence-electron chi connectivity index (χ1n) is 7.04. The molecule has 1 fully saturated rings. The Hall–Kier alpha value is -1.43. The van der Waals surface area contributed by atoms with Crippen molar-refractivity contribution in [3.05, 3.63) is 35.4 Å². The van der Waals surface area contributed by atoms with E-state index < -0.39 is 0 Å². The van der Waals surface area contributed by atoms with Crippen LogP contribution in [0.2, 0.25) is 0 Å². The van der Waals surface area contributed by atoms with Crippen LogP contribution < -0.4 is 11.1 Å². The Balaban J connectivity index is 1.79. The highest BCUT2D eigenvalue weighted by molar-refractivity contribution is 5.92. The molecule has 5 nitrogen and oxygen atoms in total. The van der Waals surface area contributed by atoms with Crippen molar-refractivity contribution in [3.63, 3.8) is 0 Å². The van der Waals surface area contributed by atoms with Gasteiger partial charge in [-0.05, 0) is 31.8 Å². The predicted molar refractivity (Wildman–Crippen MR) is 80.6 cm³/mol. The Labute approximate surface area is 120 Å². The summed E-state index contributed by atoms with van der Waals surface area (Å²) in [4.78, 5) is 15.8. The number of likely N-dealkylation sites (N-methyl/N-ethyl adjacent to an activating group) is 2. The molecule has 1 amide bonds. The van der Waals surface area contributed by atoms with E-state index >= 15 is 0 Å². The molecule has 110 valence electrons. The minimum absolute atomic E-state index is 0.378. The predicted octanol–water partition coefficient (Wildman–Crippen LogP) is 0.121. The second-order valence-electron chi connectivity index (χ2n) is 5.59. The summed E-state index contributed by atoms with van der Waals surface area (Å²) in [6.07, 6.45) is 0. The molecule has 0 radical (unpaired) electrons. The summed E-state index contributed by atoms with van der Waals surface area (Å²) in [6.45, 7) is 5.15. The molecule has 1 aliphatic rings. The highest BCUT2D eigenvalue weighted by Crippen LogP contribution is 2.06. The zero-order valence-electron chi connectivity index (χ0n) is 12.3. The van der Waals surface area contributed by atoms with Gasteiger partial charge < -0.3 is 16.0 Å². The van der Waals surface area contributed by atoms with E-state index in [0.717, 1.165) is 32.7 Å². The van der Waals surface area contributed by atoms with Gasteiger partial charge >= 0.3 is 0 Å². The molecule has 0 saturated carbocycles. The van der Waals surface area contributed by atoms with Gasteiger partial charge in [0.1, 0.15) is 0 Å². The molecule has 0 spiro atoms.